The van der Waals surface area contributed by atoms with E-state index < -0.39 is 0 Å². The second kappa shape index (κ2) is 11.4. The fourth-order valence-corrected chi connectivity index (χ4v) is 3.42. The van der Waals surface area contributed by atoms with Crippen molar-refractivity contribution in [3.05, 3.63) is 126 Å². The summed E-state index contributed by atoms with van der Waals surface area (Å²) in [6.45, 7) is 0.854. The molecule has 34 heavy (non-hydrogen) atoms. The van der Waals surface area contributed by atoms with E-state index in [1.807, 2.05) is 42.5 Å². The molecule has 6 heteroatoms. The number of hydrogen-bond acceptors (Lipinski definition) is 4. The van der Waals surface area contributed by atoms with E-state index in [0.29, 0.717) is 35.7 Å². The largest absolute Gasteiger partial charge is 0.489 e. The number of aromatic nitrogens is 1. The van der Waals surface area contributed by atoms with Gasteiger partial charge in [0.05, 0.1) is 11.3 Å². The Morgan fingerprint density at radius 1 is 0.794 bits per heavy atom. The van der Waals surface area contributed by atoms with Gasteiger partial charge in [-0.2, -0.15) is 0 Å². The molecule has 0 saturated heterocycles. The zero-order valence-corrected chi connectivity index (χ0v) is 18.6. The van der Waals surface area contributed by atoms with Crippen molar-refractivity contribution in [2.45, 2.75) is 13.0 Å². The van der Waals surface area contributed by atoms with E-state index in [4.69, 9.17) is 4.74 Å². The Kier molecular flexibility index (Phi) is 7.64. The van der Waals surface area contributed by atoms with E-state index in [-0.39, 0.29) is 11.8 Å². The summed E-state index contributed by atoms with van der Waals surface area (Å²) >= 11 is 0. The zero-order valence-electron chi connectivity index (χ0n) is 18.6. The summed E-state index contributed by atoms with van der Waals surface area (Å²) in [7, 11) is 0. The van der Waals surface area contributed by atoms with Crippen LogP contribution in [0, 0.1) is 0 Å². The standard InChI is InChI=1S/C28H25N3O3/c32-27(23-11-6-12-24(18-23)34-20-22-10-7-16-29-19-22)31-26-14-5-4-13-25(26)28(33)30-17-15-21-8-2-1-3-9-21/h1-14,16,18-19H,15,17,20H2,(H,30,33)(H,31,32). The van der Waals surface area contributed by atoms with E-state index in [1.165, 1.54) is 0 Å². The Balaban J connectivity index is 1.38. The maximum Gasteiger partial charge on any atom is 0.255 e. The monoisotopic (exact) mass is 451 g/mol. The minimum Gasteiger partial charge on any atom is -0.489 e. The first-order valence-corrected chi connectivity index (χ1v) is 11.0. The smallest absolute Gasteiger partial charge is 0.255 e. The van der Waals surface area contributed by atoms with Gasteiger partial charge >= 0.3 is 0 Å². The molecular formula is C28H25N3O3. The lowest BCUT2D eigenvalue weighted by atomic mass is 10.1. The van der Waals surface area contributed by atoms with Gasteiger partial charge in [-0.25, -0.2) is 0 Å². The minimum atomic E-state index is -0.323. The van der Waals surface area contributed by atoms with Crippen LogP contribution in [0.5, 0.6) is 5.75 Å². The van der Waals surface area contributed by atoms with Gasteiger partial charge in [0.15, 0.2) is 0 Å². The highest BCUT2D eigenvalue weighted by Crippen LogP contribution is 2.19. The van der Waals surface area contributed by atoms with Crippen molar-refractivity contribution in [2.75, 3.05) is 11.9 Å². The van der Waals surface area contributed by atoms with Gasteiger partial charge in [0.25, 0.3) is 11.8 Å². The minimum absolute atomic E-state index is 0.236. The molecule has 0 aliphatic carbocycles. The van der Waals surface area contributed by atoms with Crippen molar-refractivity contribution < 1.29 is 14.3 Å². The third kappa shape index (κ3) is 6.29. The van der Waals surface area contributed by atoms with Gasteiger partial charge in [-0.05, 0) is 48.4 Å². The summed E-state index contributed by atoms with van der Waals surface area (Å²) in [6, 6.07) is 27.6. The summed E-state index contributed by atoms with van der Waals surface area (Å²) in [5.74, 6) is 0.0141. The van der Waals surface area contributed by atoms with Crippen molar-refractivity contribution in [3.63, 3.8) is 0 Å². The quantitative estimate of drug-likeness (QED) is 0.380. The Hall–Kier alpha value is -4.45. The number of amides is 2. The molecule has 0 aliphatic heterocycles. The number of benzene rings is 3. The third-order valence-electron chi connectivity index (χ3n) is 5.19. The summed E-state index contributed by atoms with van der Waals surface area (Å²) in [6.07, 6.45) is 4.17. The lowest BCUT2D eigenvalue weighted by Gasteiger charge is -2.12. The van der Waals surface area contributed by atoms with Gasteiger partial charge in [-0.1, -0.05) is 54.6 Å². The molecule has 0 saturated carbocycles. The lowest BCUT2D eigenvalue weighted by Crippen LogP contribution is -2.27. The van der Waals surface area contributed by atoms with Crippen LogP contribution in [0.25, 0.3) is 0 Å². The molecule has 0 radical (unpaired) electrons. The molecule has 3 aromatic carbocycles. The molecule has 0 unspecified atom stereocenters. The summed E-state index contributed by atoms with van der Waals surface area (Å²) < 4.78 is 5.79. The molecule has 0 atom stereocenters. The van der Waals surface area contributed by atoms with E-state index in [9.17, 15) is 9.59 Å². The molecule has 4 rings (SSSR count). The van der Waals surface area contributed by atoms with Crippen LogP contribution in [0.15, 0.2) is 103 Å². The first-order chi connectivity index (χ1) is 16.7. The second-order valence-electron chi connectivity index (χ2n) is 7.67. The van der Waals surface area contributed by atoms with Crippen molar-refractivity contribution in [3.8, 4) is 5.75 Å². The molecule has 0 aliphatic rings. The summed E-state index contributed by atoms with van der Waals surface area (Å²) in [4.78, 5) is 29.7. The van der Waals surface area contributed by atoms with Crippen LogP contribution in [-0.2, 0) is 13.0 Å². The Bertz CT molecular complexity index is 1240. The van der Waals surface area contributed by atoms with Crippen molar-refractivity contribution in [1.82, 2.24) is 10.3 Å². The number of pyridine rings is 1. The van der Waals surface area contributed by atoms with Gasteiger partial charge < -0.3 is 15.4 Å². The number of carbonyl (C=O) groups excluding carboxylic acids is 2. The average Bonchev–Trinajstić information content (AvgIpc) is 2.89. The molecule has 170 valence electrons. The van der Waals surface area contributed by atoms with E-state index in [0.717, 1.165) is 17.5 Å². The van der Waals surface area contributed by atoms with Gasteiger partial charge in [-0.15, -0.1) is 0 Å². The van der Waals surface area contributed by atoms with Crippen molar-refractivity contribution in [2.24, 2.45) is 0 Å². The number of ether oxygens (including phenoxy) is 1. The van der Waals surface area contributed by atoms with Gasteiger partial charge in [0.1, 0.15) is 12.4 Å². The fourth-order valence-electron chi connectivity index (χ4n) is 3.42. The Labute approximate surface area is 198 Å². The van der Waals surface area contributed by atoms with Crippen LogP contribution in [0.1, 0.15) is 31.8 Å². The SMILES string of the molecule is O=C(Nc1ccccc1C(=O)NCCc1ccccc1)c1cccc(OCc2cccnc2)c1. The highest BCUT2D eigenvalue weighted by atomic mass is 16.5. The molecule has 1 aromatic heterocycles. The van der Waals surface area contributed by atoms with E-state index in [1.54, 1.807) is 60.9 Å². The molecular weight excluding hydrogens is 426 g/mol. The molecule has 0 spiro atoms. The van der Waals surface area contributed by atoms with Crippen molar-refractivity contribution >= 4 is 17.5 Å². The summed E-state index contributed by atoms with van der Waals surface area (Å²) in [5.41, 5.74) is 3.38. The van der Waals surface area contributed by atoms with Crippen molar-refractivity contribution in [1.29, 1.82) is 0 Å². The highest BCUT2D eigenvalue weighted by molar-refractivity contribution is 6.09. The average molecular weight is 452 g/mol. The fraction of sp³-hybridized carbons (Fsp3) is 0.107. The molecule has 4 aromatic rings. The van der Waals surface area contributed by atoms with Crippen LogP contribution < -0.4 is 15.4 Å². The van der Waals surface area contributed by atoms with E-state index in [2.05, 4.69) is 15.6 Å². The maximum atomic E-state index is 12.9. The normalized spacial score (nSPS) is 10.4. The molecule has 2 amide bonds. The number of nitrogens with zero attached hydrogens (tertiary/aromatic N) is 1. The van der Waals surface area contributed by atoms with Gasteiger partial charge in [0.2, 0.25) is 0 Å². The number of nitrogens with one attached hydrogen (secondary N) is 2. The first-order valence-electron chi connectivity index (χ1n) is 11.0. The molecule has 0 fully saturated rings. The van der Waals surface area contributed by atoms with E-state index >= 15 is 0 Å². The number of carbonyl (C=O) groups is 2. The predicted molar refractivity (Wildman–Crippen MR) is 132 cm³/mol. The molecule has 2 N–H and O–H groups in total. The van der Waals surface area contributed by atoms with Crippen LogP contribution in [0.4, 0.5) is 5.69 Å². The topological polar surface area (TPSA) is 80.3 Å². The number of anilines is 1. The maximum absolute atomic E-state index is 12.9. The van der Waals surface area contributed by atoms with Gasteiger partial charge in [-0.3, -0.25) is 14.6 Å². The number of hydrogen-bond donors (Lipinski definition) is 2. The predicted octanol–water partition coefficient (Wildman–Crippen LogP) is 4.89. The van der Waals surface area contributed by atoms with Crippen LogP contribution >= 0.6 is 0 Å². The zero-order chi connectivity index (χ0) is 23.6. The van der Waals surface area contributed by atoms with Crippen LogP contribution in [-0.4, -0.2) is 23.3 Å². The molecule has 6 nitrogen and oxygen atoms in total. The van der Waals surface area contributed by atoms with Crippen LogP contribution in [0.3, 0.4) is 0 Å². The number of rotatable bonds is 9. The highest BCUT2D eigenvalue weighted by Gasteiger charge is 2.14. The Morgan fingerprint density at radius 3 is 2.41 bits per heavy atom. The molecule has 1 heterocycles. The number of para-hydroxylation sites is 1. The van der Waals surface area contributed by atoms with Crippen LogP contribution in [0.2, 0.25) is 0 Å². The van der Waals surface area contributed by atoms with Gasteiger partial charge in [0, 0.05) is 30.1 Å². The summed E-state index contributed by atoms with van der Waals surface area (Å²) in [5, 5.41) is 5.78. The second-order valence-corrected chi connectivity index (χ2v) is 7.67. The lowest BCUT2D eigenvalue weighted by molar-refractivity contribution is 0.0955. The molecule has 0 bridgehead atoms. The third-order valence-corrected chi connectivity index (χ3v) is 5.19. The first kappa shape index (κ1) is 22.7. The Morgan fingerprint density at radius 2 is 1.59 bits per heavy atom.